The van der Waals surface area contributed by atoms with Gasteiger partial charge in [-0.1, -0.05) is 0 Å². The second-order valence-corrected chi connectivity index (χ2v) is 9.09. The van der Waals surface area contributed by atoms with Gasteiger partial charge < -0.3 is 18.9 Å². The third-order valence-electron chi connectivity index (χ3n) is 7.71. The lowest BCUT2D eigenvalue weighted by molar-refractivity contribution is 0.137. The van der Waals surface area contributed by atoms with Crippen LogP contribution >= 0.6 is 0 Å². The summed E-state index contributed by atoms with van der Waals surface area (Å²) in [6, 6.07) is 0. The fourth-order valence-electron chi connectivity index (χ4n) is 6.51. The van der Waals surface area contributed by atoms with Crippen molar-refractivity contribution in [2.24, 2.45) is 0 Å². The van der Waals surface area contributed by atoms with Crippen molar-refractivity contribution in [3.63, 3.8) is 0 Å². The summed E-state index contributed by atoms with van der Waals surface area (Å²) in [5.74, 6) is 5.07. The minimum atomic E-state index is 0.646. The Balaban J connectivity index is 1.67. The number of ether oxygens (including phenoxy) is 4. The third kappa shape index (κ3) is 2.95. The normalized spacial score (nSPS) is 29.5. The molecule has 2 fully saturated rings. The van der Waals surface area contributed by atoms with Crippen molar-refractivity contribution in [1.29, 1.82) is 0 Å². The maximum atomic E-state index is 6.52. The number of methoxy groups -OCH3 is 2. The average molecular weight is 387 g/mol. The van der Waals surface area contributed by atoms with E-state index in [1.807, 2.05) is 0 Å². The van der Waals surface area contributed by atoms with E-state index in [9.17, 15) is 0 Å². The highest BCUT2D eigenvalue weighted by molar-refractivity contribution is 5.66. The maximum Gasteiger partial charge on any atom is 0.127 e. The summed E-state index contributed by atoms with van der Waals surface area (Å²) in [5.41, 5.74) is 6.05. The van der Waals surface area contributed by atoms with E-state index in [-0.39, 0.29) is 0 Å². The zero-order valence-electron chi connectivity index (χ0n) is 17.4. The fraction of sp³-hybridized carbons (Fsp3) is 0.750. The number of benzene rings is 1. The van der Waals surface area contributed by atoms with Crippen molar-refractivity contribution < 1.29 is 18.9 Å². The molecule has 0 radical (unpaired) electrons. The largest absolute Gasteiger partial charge is 0.491 e. The van der Waals surface area contributed by atoms with Crippen LogP contribution in [0.25, 0.3) is 0 Å². The molecule has 4 nitrogen and oxygen atoms in total. The highest BCUT2D eigenvalue weighted by Crippen LogP contribution is 2.63. The highest BCUT2D eigenvalue weighted by atomic mass is 16.5. The number of fused-ring (bicyclic) bond motifs is 4. The standard InChI is InChI=1S/C24H34O4/c1-25-11-13-27-23-19-15-3-7-17(8-4-15)21(19)24(28-14-12-26-2)22-18-9-5-16(6-10-18)20(22)23/h15-18H,3-14H2,1-2H3. The van der Waals surface area contributed by atoms with Crippen LogP contribution in [0.2, 0.25) is 0 Å². The zero-order chi connectivity index (χ0) is 19.1. The molecule has 154 valence electrons. The topological polar surface area (TPSA) is 36.9 Å². The lowest BCUT2D eigenvalue weighted by Gasteiger charge is -2.46. The van der Waals surface area contributed by atoms with Gasteiger partial charge in [-0.3, -0.25) is 0 Å². The molecule has 28 heavy (non-hydrogen) atoms. The van der Waals surface area contributed by atoms with Crippen LogP contribution in [0.3, 0.4) is 0 Å². The molecule has 6 aliphatic rings. The molecule has 0 aromatic heterocycles. The Hall–Kier alpha value is -1.26. The van der Waals surface area contributed by atoms with Gasteiger partial charge in [0.1, 0.15) is 24.7 Å². The van der Waals surface area contributed by atoms with Crippen molar-refractivity contribution in [2.75, 3.05) is 40.6 Å². The fourth-order valence-corrected chi connectivity index (χ4v) is 6.51. The van der Waals surface area contributed by atoms with Crippen LogP contribution in [-0.2, 0) is 9.47 Å². The first-order chi connectivity index (χ1) is 13.8. The van der Waals surface area contributed by atoms with E-state index in [1.54, 1.807) is 14.2 Å². The Morgan fingerprint density at radius 3 is 1.04 bits per heavy atom. The van der Waals surface area contributed by atoms with Gasteiger partial charge in [-0.2, -0.15) is 0 Å². The molecular formula is C24H34O4. The molecule has 0 spiro atoms. The van der Waals surface area contributed by atoms with Gasteiger partial charge in [-0.25, -0.2) is 0 Å². The summed E-state index contributed by atoms with van der Waals surface area (Å²) in [4.78, 5) is 0. The van der Waals surface area contributed by atoms with E-state index in [0.29, 0.717) is 50.1 Å². The van der Waals surface area contributed by atoms with E-state index in [0.717, 1.165) is 0 Å². The molecule has 0 atom stereocenters. The monoisotopic (exact) mass is 386 g/mol. The molecular weight excluding hydrogens is 352 g/mol. The van der Waals surface area contributed by atoms with Crippen LogP contribution in [0, 0.1) is 0 Å². The van der Waals surface area contributed by atoms with E-state index in [1.165, 1.54) is 85.1 Å². The highest BCUT2D eigenvalue weighted by Gasteiger charge is 2.45. The Morgan fingerprint density at radius 1 is 0.500 bits per heavy atom. The Labute approximate surface area is 168 Å². The molecule has 0 unspecified atom stereocenters. The zero-order valence-corrected chi connectivity index (χ0v) is 17.4. The summed E-state index contributed by atoms with van der Waals surface area (Å²) in [6.07, 6.45) is 10.5. The first-order valence-electron chi connectivity index (χ1n) is 11.3. The quantitative estimate of drug-likeness (QED) is 0.572. The number of hydrogen-bond acceptors (Lipinski definition) is 4. The Morgan fingerprint density at radius 2 is 0.786 bits per heavy atom. The first-order valence-corrected chi connectivity index (χ1v) is 11.3. The van der Waals surface area contributed by atoms with Crippen LogP contribution in [-0.4, -0.2) is 40.6 Å². The molecule has 0 N–H and O–H groups in total. The molecule has 4 bridgehead atoms. The van der Waals surface area contributed by atoms with Crippen molar-refractivity contribution in [3.05, 3.63) is 22.3 Å². The molecule has 7 rings (SSSR count). The van der Waals surface area contributed by atoms with E-state index in [4.69, 9.17) is 18.9 Å². The molecule has 6 aliphatic carbocycles. The van der Waals surface area contributed by atoms with Crippen molar-refractivity contribution >= 4 is 0 Å². The van der Waals surface area contributed by atoms with Gasteiger partial charge >= 0.3 is 0 Å². The van der Waals surface area contributed by atoms with Gasteiger partial charge in [0.25, 0.3) is 0 Å². The molecule has 0 aliphatic heterocycles. The number of rotatable bonds is 8. The molecule has 1 aromatic carbocycles. The summed E-state index contributed by atoms with van der Waals surface area (Å²) in [7, 11) is 3.51. The average Bonchev–Trinajstić information content (AvgIpc) is 2.76. The predicted molar refractivity (Wildman–Crippen MR) is 109 cm³/mol. The molecule has 0 saturated heterocycles. The molecule has 2 saturated carbocycles. The van der Waals surface area contributed by atoms with Gasteiger partial charge in [0.05, 0.1) is 13.2 Å². The van der Waals surface area contributed by atoms with Gasteiger partial charge in [-0.05, 0) is 75.0 Å². The van der Waals surface area contributed by atoms with Crippen molar-refractivity contribution in [3.8, 4) is 11.5 Å². The lowest BCUT2D eigenvalue weighted by atomic mass is 9.60. The number of hydrogen-bond donors (Lipinski definition) is 0. The summed E-state index contributed by atoms with van der Waals surface area (Å²) in [6.45, 7) is 2.59. The first kappa shape index (κ1) is 18.7. The Bertz CT molecular complexity index is 602. The van der Waals surface area contributed by atoms with Crippen molar-refractivity contribution in [1.82, 2.24) is 0 Å². The van der Waals surface area contributed by atoms with Crippen LogP contribution in [0.5, 0.6) is 11.5 Å². The maximum absolute atomic E-state index is 6.52. The van der Waals surface area contributed by atoms with E-state index >= 15 is 0 Å². The summed E-state index contributed by atoms with van der Waals surface area (Å²) in [5, 5.41) is 0. The van der Waals surface area contributed by atoms with Crippen LogP contribution in [0.1, 0.15) is 97.3 Å². The summed E-state index contributed by atoms with van der Waals surface area (Å²) < 4.78 is 23.7. The predicted octanol–water partition coefficient (Wildman–Crippen LogP) is 5.25. The third-order valence-corrected chi connectivity index (χ3v) is 7.71. The van der Waals surface area contributed by atoms with Gasteiger partial charge in [0.2, 0.25) is 0 Å². The van der Waals surface area contributed by atoms with Gasteiger partial charge in [0, 0.05) is 36.5 Å². The van der Waals surface area contributed by atoms with Gasteiger partial charge in [-0.15, -0.1) is 0 Å². The minimum Gasteiger partial charge on any atom is -0.491 e. The Kier molecular flexibility index (Phi) is 5.27. The minimum absolute atomic E-state index is 0.646. The molecule has 1 aromatic rings. The molecule has 0 heterocycles. The lowest BCUT2D eigenvalue weighted by Crippen LogP contribution is -2.30. The summed E-state index contributed by atoms with van der Waals surface area (Å²) >= 11 is 0. The smallest absolute Gasteiger partial charge is 0.127 e. The molecule has 4 heteroatoms. The molecule has 0 amide bonds. The van der Waals surface area contributed by atoms with E-state index < -0.39 is 0 Å². The second-order valence-electron chi connectivity index (χ2n) is 9.09. The van der Waals surface area contributed by atoms with Crippen LogP contribution in [0.4, 0.5) is 0 Å². The van der Waals surface area contributed by atoms with Crippen LogP contribution < -0.4 is 9.47 Å². The SMILES string of the molecule is COCCOc1c2c(c(OCCOC)c3c1C1CCC3CC1)C1CCC2CC1. The van der Waals surface area contributed by atoms with Gasteiger partial charge in [0.15, 0.2) is 0 Å². The van der Waals surface area contributed by atoms with E-state index in [2.05, 4.69) is 0 Å². The van der Waals surface area contributed by atoms with Crippen LogP contribution in [0.15, 0.2) is 0 Å². The van der Waals surface area contributed by atoms with Crippen molar-refractivity contribution in [2.45, 2.75) is 75.0 Å². The second kappa shape index (κ2) is 7.87.